The lowest BCUT2D eigenvalue weighted by molar-refractivity contribution is -0.142. The van der Waals surface area contributed by atoms with Gasteiger partial charge in [-0.2, -0.15) is 0 Å². The van der Waals surface area contributed by atoms with E-state index in [-0.39, 0.29) is 12.5 Å². The van der Waals surface area contributed by atoms with Gasteiger partial charge in [-0.15, -0.1) is 11.8 Å². The summed E-state index contributed by atoms with van der Waals surface area (Å²) in [4.78, 5) is 27.4. The van der Waals surface area contributed by atoms with E-state index in [0.717, 1.165) is 28.1 Å². The van der Waals surface area contributed by atoms with Crippen LogP contribution in [0.15, 0.2) is 59.5 Å². The lowest BCUT2D eigenvalue weighted by Gasteiger charge is -2.22. The number of thioether (sulfide) groups is 1. The molecule has 1 atom stereocenters. The third kappa shape index (κ3) is 5.23. The maximum atomic E-state index is 12.7. The number of ether oxygens (including phenoxy) is 1. The highest BCUT2D eigenvalue weighted by atomic mass is 32.2. The molecule has 1 amide bonds. The molecular formula is C22H23NO3S. The Balaban J connectivity index is 1.60. The van der Waals surface area contributed by atoms with Crippen LogP contribution in [0.4, 0.5) is 5.69 Å². The van der Waals surface area contributed by atoms with E-state index in [1.54, 1.807) is 22.7 Å². The molecule has 0 saturated heterocycles. The number of fused-ring (bicyclic) bond motifs is 1. The number of esters is 1. The molecule has 5 heteroatoms. The molecule has 4 nitrogen and oxygen atoms in total. The van der Waals surface area contributed by atoms with E-state index in [4.69, 9.17) is 4.74 Å². The van der Waals surface area contributed by atoms with Gasteiger partial charge in [0.05, 0.1) is 5.69 Å². The van der Waals surface area contributed by atoms with Gasteiger partial charge in [0.25, 0.3) is 5.91 Å². The van der Waals surface area contributed by atoms with Crippen LogP contribution in [0, 0.1) is 6.92 Å². The molecule has 0 aromatic heterocycles. The van der Waals surface area contributed by atoms with Crippen molar-refractivity contribution < 1.29 is 14.3 Å². The SMILES string of the molecule is Cc1ccc(/C=C/C(=O)OCC(=O)N2CC[C@H](C)Sc3ccccc32)cc1. The first kappa shape index (κ1) is 19.2. The molecule has 0 unspecified atom stereocenters. The van der Waals surface area contributed by atoms with Gasteiger partial charge < -0.3 is 9.64 Å². The van der Waals surface area contributed by atoms with Crippen molar-refractivity contribution in [3.8, 4) is 0 Å². The number of para-hydroxylation sites is 1. The van der Waals surface area contributed by atoms with Crippen LogP contribution in [0.3, 0.4) is 0 Å². The number of amides is 1. The zero-order valence-corrected chi connectivity index (χ0v) is 16.4. The van der Waals surface area contributed by atoms with Crippen LogP contribution in [0.25, 0.3) is 6.08 Å². The first-order valence-corrected chi connectivity index (χ1v) is 9.88. The van der Waals surface area contributed by atoms with Crippen molar-refractivity contribution in [1.82, 2.24) is 0 Å². The van der Waals surface area contributed by atoms with Gasteiger partial charge in [-0.1, -0.05) is 48.9 Å². The van der Waals surface area contributed by atoms with Crippen LogP contribution in [-0.2, 0) is 14.3 Å². The quantitative estimate of drug-likeness (QED) is 0.579. The molecule has 0 fully saturated rings. The lowest BCUT2D eigenvalue weighted by Crippen LogP contribution is -2.35. The topological polar surface area (TPSA) is 46.6 Å². The van der Waals surface area contributed by atoms with Crippen molar-refractivity contribution >= 4 is 35.4 Å². The molecule has 1 aliphatic heterocycles. The monoisotopic (exact) mass is 381 g/mol. The van der Waals surface area contributed by atoms with Crippen molar-refractivity contribution in [2.24, 2.45) is 0 Å². The number of carbonyl (C=O) groups is 2. The fourth-order valence-electron chi connectivity index (χ4n) is 2.85. The zero-order valence-electron chi connectivity index (χ0n) is 15.6. The van der Waals surface area contributed by atoms with Crippen LogP contribution in [0.1, 0.15) is 24.5 Å². The largest absolute Gasteiger partial charge is 0.452 e. The molecular weight excluding hydrogens is 358 g/mol. The number of aryl methyl sites for hydroxylation is 1. The average Bonchev–Trinajstić information content (AvgIpc) is 2.84. The van der Waals surface area contributed by atoms with Crippen molar-refractivity contribution in [3.63, 3.8) is 0 Å². The fourth-order valence-corrected chi connectivity index (χ4v) is 3.96. The van der Waals surface area contributed by atoms with Gasteiger partial charge in [-0.25, -0.2) is 4.79 Å². The summed E-state index contributed by atoms with van der Waals surface area (Å²) in [5.74, 6) is -0.719. The maximum absolute atomic E-state index is 12.7. The van der Waals surface area contributed by atoms with Gasteiger partial charge in [0.15, 0.2) is 6.61 Å². The van der Waals surface area contributed by atoms with Gasteiger partial charge in [0, 0.05) is 22.8 Å². The van der Waals surface area contributed by atoms with Gasteiger partial charge in [0.2, 0.25) is 0 Å². The van der Waals surface area contributed by atoms with Crippen LogP contribution < -0.4 is 4.90 Å². The molecule has 0 bridgehead atoms. The molecule has 0 radical (unpaired) electrons. The Bertz CT molecular complexity index is 845. The highest BCUT2D eigenvalue weighted by molar-refractivity contribution is 8.00. The number of rotatable bonds is 4. The third-order valence-corrected chi connectivity index (χ3v) is 5.61. The Hall–Kier alpha value is -2.53. The number of benzene rings is 2. The predicted octanol–water partition coefficient (Wildman–Crippen LogP) is 4.47. The van der Waals surface area contributed by atoms with E-state index >= 15 is 0 Å². The van der Waals surface area contributed by atoms with E-state index in [1.807, 2.05) is 55.5 Å². The lowest BCUT2D eigenvalue weighted by atomic mass is 10.1. The second kappa shape index (κ2) is 8.91. The smallest absolute Gasteiger partial charge is 0.331 e. The van der Waals surface area contributed by atoms with Gasteiger partial charge in [-0.3, -0.25) is 4.79 Å². The number of hydrogen-bond donors (Lipinski definition) is 0. The summed E-state index contributed by atoms with van der Waals surface area (Å²) in [6, 6.07) is 15.7. The standard InChI is InChI=1S/C22H23NO3S/c1-16-7-9-18(10-8-16)11-12-22(25)26-15-21(24)23-14-13-17(2)27-20-6-4-3-5-19(20)23/h3-12,17H,13-15H2,1-2H3/b12-11+/t17-/m0/s1. The first-order valence-electron chi connectivity index (χ1n) is 9.00. The van der Waals surface area contributed by atoms with Crippen LogP contribution in [0.2, 0.25) is 0 Å². The summed E-state index contributed by atoms with van der Waals surface area (Å²) in [6.45, 7) is 4.53. The van der Waals surface area contributed by atoms with Crippen molar-refractivity contribution in [1.29, 1.82) is 0 Å². The van der Waals surface area contributed by atoms with Gasteiger partial charge >= 0.3 is 5.97 Å². The number of hydrogen-bond acceptors (Lipinski definition) is 4. The van der Waals surface area contributed by atoms with E-state index in [0.29, 0.717) is 11.8 Å². The Kier molecular flexibility index (Phi) is 6.35. The summed E-state index contributed by atoms with van der Waals surface area (Å²) in [5, 5.41) is 0.434. The molecule has 2 aromatic carbocycles. The highest BCUT2D eigenvalue weighted by Gasteiger charge is 2.24. The molecule has 140 valence electrons. The fraction of sp³-hybridized carbons (Fsp3) is 0.273. The molecule has 0 aliphatic carbocycles. The van der Waals surface area contributed by atoms with E-state index < -0.39 is 5.97 Å². The van der Waals surface area contributed by atoms with Crippen LogP contribution >= 0.6 is 11.8 Å². The predicted molar refractivity (Wildman–Crippen MR) is 110 cm³/mol. The minimum atomic E-state index is -0.519. The number of anilines is 1. The Morgan fingerprint density at radius 2 is 1.93 bits per heavy atom. The normalized spacial score (nSPS) is 16.7. The van der Waals surface area contributed by atoms with Crippen molar-refractivity contribution in [2.75, 3.05) is 18.1 Å². The van der Waals surface area contributed by atoms with Crippen LogP contribution in [0.5, 0.6) is 0 Å². The molecule has 0 saturated carbocycles. The van der Waals surface area contributed by atoms with Gasteiger partial charge in [-0.05, 0) is 37.1 Å². The molecule has 1 heterocycles. The minimum Gasteiger partial charge on any atom is -0.452 e. The number of carbonyl (C=O) groups excluding carboxylic acids is 2. The highest BCUT2D eigenvalue weighted by Crippen LogP contribution is 2.37. The number of nitrogens with zero attached hydrogens (tertiary/aromatic N) is 1. The Morgan fingerprint density at radius 3 is 2.70 bits per heavy atom. The van der Waals surface area contributed by atoms with E-state index in [2.05, 4.69) is 6.92 Å². The van der Waals surface area contributed by atoms with Crippen molar-refractivity contribution in [2.45, 2.75) is 30.4 Å². The summed E-state index contributed by atoms with van der Waals surface area (Å²) in [6.07, 6.45) is 3.93. The summed E-state index contributed by atoms with van der Waals surface area (Å²) >= 11 is 1.77. The van der Waals surface area contributed by atoms with Crippen LogP contribution in [-0.4, -0.2) is 30.3 Å². The third-order valence-electron chi connectivity index (χ3n) is 4.37. The summed E-state index contributed by atoms with van der Waals surface area (Å²) in [5.41, 5.74) is 2.96. The second-order valence-corrected chi connectivity index (χ2v) is 8.06. The summed E-state index contributed by atoms with van der Waals surface area (Å²) < 4.78 is 5.16. The zero-order chi connectivity index (χ0) is 19.2. The molecule has 27 heavy (non-hydrogen) atoms. The maximum Gasteiger partial charge on any atom is 0.331 e. The first-order chi connectivity index (χ1) is 13.0. The molecule has 0 N–H and O–H groups in total. The summed E-state index contributed by atoms with van der Waals surface area (Å²) in [7, 11) is 0. The Labute approximate surface area is 164 Å². The molecule has 0 spiro atoms. The Morgan fingerprint density at radius 1 is 1.19 bits per heavy atom. The minimum absolute atomic E-state index is 0.200. The van der Waals surface area contributed by atoms with E-state index in [9.17, 15) is 9.59 Å². The average molecular weight is 381 g/mol. The van der Waals surface area contributed by atoms with Gasteiger partial charge in [0.1, 0.15) is 0 Å². The van der Waals surface area contributed by atoms with E-state index in [1.165, 1.54) is 6.08 Å². The van der Waals surface area contributed by atoms with Crippen molar-refractivity contribution in [3.05, 3.63) is 65.7 Å². The second-order valence-electron chi connectivity index (χ2n) is 6.58. The molecule has 1 aliphatic rings. The molecule has 3 rings (SSSR count). The molecule has 2 aromatic rings.